The van der Waals surface area contributed by atoms with Crippen molar-refractivity contribution in [3.63, 3.8) is 0 Å². The highest BCUT2D eigenvalue weighted by atomic mass is 16.6. The summed E-state index contributed by atoms with van der Waals surface area (Å²) in [4.78, 5) is 0. The first kappa shape index (κ1) is 23.2. The van der Waals surface area contributed by atoms with Gasteiger partial charge in [0.15, 0.2) is 0 Å². The lowest BCUT2D eigenvalue weighted by Gasteiger charge is -2.29. The summed E-state index contributed by atoms with van der Waals surface area (Å²) in [5.74, 6) is 0.394. The molecule has 1 fully saturated rings. The number of fused-ring (bicyclic) bond motifs is 6. The Kier molecular flexibility index (Phi) is 5.13. The van der Waals surface area contributed by atoms with E-state index in [2.05, 4.69) is 6.07 Å². The molecular weight excluding hydrogens is 472 g/mol. The molecule has 0 unspecified atom stereocenters. The number of nitrogens with zero attached hydrogens (tertiary/aromatic N) is 2. The zero-order valence-electron chi connectivity index (χ0n) is 20.4. The summed E-state index contributed by atoms with van der Waals surface area (Å²) in [6.07, 6.45) is 0.511. The van der Waals surface area contributed by atoms with Gasteiger partial charge in [0.05, 0.1) is 41.2 Å². The van der Waals surface area contributed by atoms with Crippen LogP contribution in [0.25, 0.3) is 16.5 Å². The molecule has 6 rings (SSSR count). The van der Waals surface area contributed by atoms with Crippen LogP contribution in [0, 0.1) is 11.3 Å². The number of hydrogen-bond acceptors (Lipinski definition) is 7. The van der Waals surface area contributed by atoms with Gasteiger partial charge in [-0.3, -0.25) is 4.57 Å². The number of phenolic OH excluding ortho intramolecular Hbond substituents is 1. The second kappa shape index (κ2) is 8.17. The van der Waals surface area contributed by atoms with Gasteiger partial charge in [0, 0.05) is 36.8 Å². The second-order valence-electron chi connectivity index (χ2n) is 9.75. The number of phenols is 1. The Bertz CT molecular complexity index is 1590. The van der Waals surface area contributed by atoms with Crippen LogP contribution in [0.15, 0.2) is 60.7 Å². The fourth-order valence-electron chi connectivity index (χ4n) is 6.12. The minimum Gasteiger partial charge on any atom is -0.508 e. The number of hydrogen-bond donors (Lipinski definition) is 3. The summed E-state index contributed by atoms with van der Waals surface area (Å²) in [6.45, 7) is 2.12. The van der Waals surface area contributed by atoms with Crippen LogP contribution in [0.3, 0.4) is 0 Å². The average molecular weight is 499 g/mol. The van der Waals surface area contributed by atoms with E-state index >= 15 is 0 Å². The molecule has 1 aromatic heterocycles. The van der Waals surface area contributed by atoms with Crippen molar-refractivity contribution < 1.29 is 29.5 Å². The first-order valence-corrected chi connectivity index (χ1v) is 12.1. The monoisotopic (exact) mass is 498 g/mol. The first-order chi connectivity index (χ1) is 17.8. The van der Waals surface area contributed by atoms with Crippen molar-refractivity contribution in [1.82, 2.24) is 4.57 Å². The van der Waals surface area contributed by atoms with Crippen molar-refractivity contribution in [2.24, 2.45) is 0 Å². The number of aromatic nitrogens is 1. The Balaban J connectivity index is 1.47. The van der Waals surface area contributed by atoms with Gasteiger partial charge in [-0.2, -0.15) is 5.26 Å². The van der Waals surface area contributed by atoms with Gasteiger partial charge >= 0.3 is 0 Å². The van der Waals surface area contributed by atoms with Crippen molar-refractivity contribution in [3.8, 4) is 35.0 Å². The van der Waals surface area contributed by atoms with Gasteiger partial charge in [-0.15, -0.1) is 0 Å². The van der Waals surface area contributed by atoms with Crippen molar-refractivity contribution >= 4 is 10.8 Å². The number of nitriles is 1. The molecule has 1 saturated heterocycles. The van der Waals surface area contributed by atoms with Gasteiger partial charge in [-0.05, 0) is 31.2 Å². The molecule has 37 heavy (non-hydrogen) atoms. The summed E-state index contributed by atoms with van der Waals surface area (Å²) in [5, 5.41) is 44.0. The summed E-state index contributed by atoms with van der Waals surface area (Å²) in [5.41, 5.74) is 0.152. The molecule has 0 radical (unpaired) electrons. The summed E-state index contributed by atoms with van der Waals surface area (Å²) in [7, 11) is 1.61. The van der Waals surface area contributed by atoms with Crippen LogP contribution in [-0.2, 0) is 20.7 Å². The van der Waals surface area contributed by atoms with Crippen LogP contribution in [0.1, 0.15) is 36.5 Å². The molecule has 2 aliphatic rings. The van der Waals surface area contributed by atoms with Crippen LogP contribution in [-0.4, -0.2) is 39.7 Å². The first-order valence-electron chi connectivity index (χ1n) is 12.1. The van der Waals surface area contributed by atoms with E-state index in [0.29, 0.717) is 41.0 Å². The zero-order valence-corrected chi connectivity index (χ0v) is 20.4. The molecule has 3 atom stereocenters. The normalized spacial score (nSPS) is 23.8. The molecular formula is C29H26N2O6. The smallest absolute Gasteiger partial charge is 0.205 e. The van der Waals surface area contributed by atoms with E-state index in [9.17, 15) is 20.6 Å². The average Bonchev–Trinajstić information content (AvgIpc) is 3.45. The summed E-state index contributed by atoms with van der Waals surface area (Å²) in [6, 6.07) is 19.6. The van der Waals surface area contributed by atoms with E-state index in [-0.39, 0.29) is 30.2 Å². The summed E-state index contributed by atoms with van der Waals surface area (Å²) < 4.78 is 19.7. The number of methoxy groups -OCH3 is 1. The van der Waals surface area contributed by atoms with Crippen molar-refractivity contribution in [2.45, 2.75) is 37.1 Å². The summed E-state index contributed by atoms with van der Waals surface area (Å²) >= 11 is 0. The third-order valence-corrected chi connectivity index (χ3v) is 7.75. The van der Waals surface area contributed by atoms with Gasteiger partial charge in [-0.25, -0.2) is 0 Å². The molecule has 0 spiro atoms. The molecule has 3 N–H and O–H groups in total. The zero-order chi connectivity index (χ0) is 25.9. The van der Waals surface area contributed by atoms with Gasteiger partial charge in [0.1, 0.15) is 22.7 Å². The van der Waals surface area contributed by atoms with Crippen LogP contribution < -0.4 is 4.74 Å². The van der Waals surface area contributed by atoms with Gasteiger partial charge in [-0.1, -0.05) is 30.3 Å². The Morgan fingerprint density at radius 3 is 2.51 bits per heavy atom. The van der Waals surface area contributed by atoms with E-state index in [1.807, 2.05) is 31.2 Å². The predicted octanol–water partition coefficient (Wildman–Crippen LogP) is 4.95. The molecule has 2 bridgehead atoms. The van der Waals surface area contributed by atoms with Gasteiger partial charge < -0.3 is 29.5 Å². The Morgan fingerprint density at radius 1 is 1.03 bits per heavy atom. The number of aromatic hydroxyl groups is 3. The molecule has 188 valence electrons. The molecule has 3 aromatic carbocycles. The topological polar surface area (TPSA) is 117 Å². The molecule has 0 saturated carbocycles. The minimum atomic E-state index is -0.982. The van der Waals surface area contributed by atoms with Gasteiger partial charge in [0.25, 0.3) is 0 Å². The standard InChI is InChI=1S/C29H26N2O6/c1-28-23(35-2)15-29(37-28,12-13-36-19-7-5-6-18(32)14-19)25-24(28)26(33)31(27(25)34)22-11-10-17(16-30)20-8-3-4-9-21(20)22/h3-11,14,23,32-34H,12-13,15H2,1-2H3/t23-,28-,29+/m1/s1. The van der Waals surface area contributed by atoms with Crippen LogP contribution in [0.2, 0.25) is 0 Å². The number of rotatable bonds is 6. The third-order valence-electron chi connectivity index (χ3n) is 7.75. The van der Waals surface area contributed by atoms with Gasteiger partial charge in [0.2, 0.25) is 11.8 Å². The fourth-order valence-corrected chi connectivity index (χ4v) is 6.12. The molecule has 0 amide bonds. The lowest BCUT2D eigenvalue weighted by molar-refractivity contribution is -0.112. The molecule has 8 heteroatoms. The fraction of sp³-hybridized carbons (Fsp3) is 0.276. The molecule has 3 heterocycles. The molecule has 2 aliphatic heterocycles. The highest BCUT2D eigenvalue weighted by Gasteiger charge is 2.66. The van der Waals surface area contributed by atoms with E-state index in [4.69, 9.17) is 14.2 Å². The largest absolute Gasteiger partial charge is 0.508 e. The maximum Gasteiger partial charge on any atom is 0.205 e. The number of benzene rings is 3. The van der Waals surface area contributed by atoms with E-state index in [0.717, 1.165) is 10.8 Å². The lowest BCUT2D eigenvalue weighted by atomic mass is 9.76. The van der Waals surface area contributed by atoms with Crippen molar-refractivity contribution in [1.29, 1.82) is 5.26 Å². The maximum atomic E-state index is 11.6. The third kappa shape index (κ3) is 3.21. The van der Waals surface area contributed by atoms with Crippen molar-refractivity contribution in [2.75, 3.05) is 13.7 Å². The predicted molar refractivity (Wildman–Crippen MR) is 135 cm³/mol. The second-order valence-corrected chi connectivity index (χ2v) is 9.75. The number of ether oxygens (including phenoxy) is 3. The Hall–Kier alpha value is -4.19. The van der Waals surface area contributed by atoms with E-state index in [1.165, 1.54) is 10.6 Å². The Labute approximate surface area is 213 Å². The van der Waals surface area contributed by atoms with E-state index in [1.54, 1.807) is 37.4 Å². The highest BCUT2D eigenvalue weighted by molar-refractivity contribution is 5.95. The molecule has 8 nitrogen and oxygen atoms in total. The molecule has 4 aromatic rings. The lowest BCUT2D eigenvalue weighted by Crippen LogP contribution is -2.35. The van der Waals surface area contributed by atoms with Crippen LogP contribution >= 0.6 is 0 Å². The maximum absolute atomic E-state index is 11.6. The van der Waals surface area contributed by atoms with Crippen molar-refractivity contribution in [3.05, 3.63) is 77.4 Å². The Morgan fingerprint density at radius 2 is 1.78 bits per heavy atom. The van der Waals surface area contributed by atoms with E-state index < -0.39 is 11.2 Å². The van der Waals surface area contributed by atoms with Crippen LogP contribution in [0.5, 0.6) is 23.3 Å². The molecule has 0 aliphatic carbocycles. The minimum absolute atomic E-state index is 0.109. The van der Waals surface area contributed by atoms with Crippen LogP contribution in [0.4, 0.5) is 0 Å². The quantitative estimate of drug-likeness (QED) is 0.344. The SMILES string of the molecule is CO[C@@H]1C[C@]2(CCOc3cccc(O)c3)O[C@@]1(C)c1c2c(O)n(-c2ccc(C#N)c3ccccc23)c1O. The highest BCUT2D eigenvalue weighted by Crippen LogP contribution is 2.66.